The first-order valence-electron chi connectivity index (χ1n) is 8.55. The third-order valence-corrected chi connectivity index (χ3v) is 4.40. The van der Waals surface area contributed by atoms with Crippen LogP contribution in [0, 0.1) is 0 Å². The van der Waals surface area contributed by atoms with Gasteiger partial charge in [0.05, 0.1) is 5.52 Å². The van der Waals surface area contributed by atoms with Gasteiger partial charge in [-0.2, -0.15) is 0 Å². The molecule has 128 valence electrons. The molecule has 0 spiro atoms. The molecule has 0 aliphatic carbocycles. The van der Waals surface area contributed by atoms with Crippen LogP contribution in [-0.2, 0) is 12.0 Å². The largest absolute Gasteiger partial charge is 0.336 e. The molecular weight excluding hydrogens is 308 g/mol. The summed E-state index contributed by atoms with van der Waals surface area (Å²) in [5, 5.41) is 1.04. The lowest BCUT2D eigenvalue weighted by atomic mass is 9.87. The van der Waals surface area contributed by atoms with Crippen molar-refractivity contribution in [1.82, 2.24) is 9.88 Å². The van der Waals surface area contributed by atoms with Crippen LogP contribution < -0.4 is 0 Å². The van der Waals surface area contributed by atoms with Crippen molar-refractivity contribution in [2.75, 3.05) is 7.05 Å². The second-order valence-corrected chi connectivity index (χ2v) is 7.50. The van der Waals surface area contributed by atoms with Crippen LogP contribution in [0.25, 0.3) is 10.9 Å². The number of amides is 1. The average molecular weight is 332 g/mol. The molecule has 3 nitrogen and oxygen atoms in total. The molecule has 1 heterocycles. The molecule has 25 heavy (non-hydrogen) atoms. The van der Waals surface area contributed by atoms with E-state index in [1.807, 2.05) is 37.4 Å². The van der Waals surface area contributed by atoms with Crippen LogP contribution in [0.2, 0.25) is 0 Å². The van der Waals surface area contributed by atoms with Crippen molar-refractivity contribution >= 4 is 16.8 Å². The topological polar surface area (TPSA) is 33.2 Å². The second kappa shape index (κ2) is 6.67. The Kier molecular flexibility index (Phi) is 4.58. The molecule has 0 aliphatic rings. The van der Waals surface area contributed by atoms with Gasteiger partial charge < -0.3 is 4.90 Å². The fourth-order valence-corrected chi connectivity index (χ4v) is 2.84. The minimum atomic E-state index is -0.0642. The fraction of sp³-hybridized carbons (Fsp3) is 0.273. The molecule has 3 heteroatoms. The predicted molar refractivity (Wildman–Crippen MR) is 103 cm³/mol. The van der Waals surface area contributed by atoms with E-state index in [0.29, 0.717) is 12.2 Å². The van der Waals surface area contributed by atoms with Crippen molar-refractivity contribution in [3.05, 3.63) is 77.5 Å². The van der Waals surface area contributed by atoms with E-state index in [2.05, 4.69) is 50.0 Å². The average Bonchev–Trinajstić information content (AvgIpc) is 2.60. The quantitative estimate of drug-likeness (QED) is 0.690. The molecule has 0 atom stereocenters. The fourth-order valence-electron chi connectivity index (χ4n) is 2.84. The van der Waals surface area contributed by atoms with Crippen molar-refractivity contribution in [2.45, 2.75) is 32.7 Å². The highest BCUT2D eigenvalue weighted by atomic mass is 16.2. The Hall–Kier alpha value is -2.68. The highest BCUT2D eigenvalue weighted by Gasteiger charge is 2.16. The number of benzene rings is 2. The predicted octanol–water partition coefficient (Wildman–Crippen LogP) is 4.80. The molecule has 0 aliphatic heterocycles. The van der Waals surface area contributed by atoms with E-state index in [9.17, 15) is 4.79 Å². The van der Waals surface area contributed by atoms with Gasteiger partial charge in [0.1, 0.15) is 5.69 Å². The SMILES string of the molecule is CN(Cc1ccc(C(C)(C)C)cc1)C(=O)c1ccc2ccccc2n1. The van der Waals surface area contributed by atoms with Gasteiger partial charge in [-0.15, -0.1) is 0 Å². The molecule has 0 unspecified atom stereocenters. The second-order valence-electron chi connectivity index (χ2n) is 7.50. The molecule has 0 saturated heterocycles. The monoisotopic (exact) mass is 332 g/mol. The maximum Gasteiger partial charge on any atom is 0.272 e. The van der Waals surface area contributed by atoms with E-state index in [1.165, 1.54) is 5.56 Å². The van der Waals surface area contributed by atoms with Crippen molar-refractivity contribution in [2.24, 2.45) is 0 Å². The Bertz CT molecular complexity index is 892. The Morgan fingerprint density at radius 3 is 2.32 bits per heavy atom. The molecular formula is C22H24N2O. The number of hydrogen-bond acceptors (Lipinski definition) is 2. The number of fused-ring (bicyclic) bond motifs is 1. The van der Waals surface area contributed by atoms with Gasteiger partial charge in [0.15, 0.2) is 0 Å². The molecule has 0 radical (unpaired) electrons. The lowest BCUT2D eigenvalue weighted by Gasteiger charge is -2.21. The number of carbonyl (C=O) groups is 1. The number of nitrogens with zero attached hydrogens (tertiary/aromatic N) is 2. The third-order valence-electron chi connectivity index (χ3n) is 4.40. The van der Waals surface area contributed by atoms with Crippen molar-refractivity contribution in [3.63, 3.8) is 0 Å². The van der Waals surface area contributed by atoms with Crippen LogP contribution in [0.3, 0.4) is 0 Å². The highest BCUT2D eigenvalue weighted by Crippen LogP contribution is 2.22. The van der Waals surface area contributed by atoms with Crippen molar-refractivity contribution < 1.29 is 4.79 Å². The number of aromatic nitrogens is 1. The van der Waals surface area contributed by atoms with Gasteiger partial charge in [-0.3, -0.25) is 4.79 Å². The van der Waals surface area contributed by atoms with E-state index in [4.69, 9.17) is 0 Å². The third kappa shape index (κ3) is 3.87. The van der Waals surface area contributed by atoms with Crippen LogP contribution in [-0.4, -0.2) is 22.8 Å². The highest BCUT2D eigenvalue weighted by molar-refractivity contribution is 5.94. The normalized spacial score (nSPS) is 11.5. The van der Waals surface area contributed by atoms with Gasteiger partial charge in [0, 0.05) is 19.0 Å². The van der Waals surface area contributed by atoms with E-state index < -0.39 is 0 Å². The molecule has 1 aromatic heterocycles. The van der Waals surface area contributed by atoms with Crippen LogP contribution in [0.5, 0.6) is 0 Å². The van der Waals surface area contributed by atoms with Crippen molar-refractivity contribution in [1.29, 1.82) is 0 Å². The Labute approximate surface area is 149 Å². The summed E-state index contributed by atoms with van der Waals surface area (Å²) >= 11 is 0. The molecule has 1 amide bonds. The lowest BCUT2D eigenvalue weighted by Crippen LogP contribution is -2.27. The smallest absolute Gasteiger partial charge is 0.272 e. The van der Waals surface area contributed by atoms with Crippen LogP contribution >= 0.6 is 0 Å². The maximum atomic E-state index is 12.7. The molecule has 3 rings (SSSR count). The summed E-state index contributed by atoms with van der Waals surface area (Å²) in [4.78, 5) is 18.9. The van der Waals surface area contributed by atoms with Gasteiger partial charge in [-0.05, 0) is 28.7 Å². The van der Waals surface area contributed by atoms with E-state index in [1.54, 1.807) is 11.0 Å². The molecule has 0 bridgehead atoms. The standard InChI is InChI=1S/C22H24N2O/c1-22(2,3)18-12-9-16(10-13-18)15-24(4)21(25)20-14-11-17-7-5-6-8-19(17)23-20/h5-14H,15H2,1-4H3. The molecule has 0 fully saturated rings. The zero-order valence-corrected chi connectivity index (χ0v) is 15.3. The minimum Gasteiger partial charge on any atom is -0.336 e. The maximum absolute atomic E-state index is 12.7. The number of para-hydroxylation sites is 1. The first-order chi connectivity index (χ1) is 11.8. The summed E-state index contributed by atoms with van der Waals surface area (Å²) in [5.41, 5.74) is 3.87. The summed E-state index contributed by atoms with van der Waals surface area (Å²) in [6.07, 6.45) is 0. The summed E-state index contributed by atoms with van der Waals surface area (Å²) in [7, 11) is 1.82. The van der Waals surface area contributed by atoms with Gasteiger partial charge in [-0.1, -0.05) is 69.3 Å². The number of rotatable bonds is 3. The van der Waals surface area contributed by atoms with Crippen LogP contribution in [0.15, 0.2) is 60.7 Å². The Balaban J connectivity index is 1.75. The first kappa shape index (κ1) is 17.2. The van der Waals surface area contributed by atoms with Crippen LogP contribution in [0.1, 0.15) is 42.4 Å². The summed E-state index contributed by atoms with van der Waals surface area (Å²) in [5.74, 6) is -0.0642. The molecule has 2 aromatic carbocycles. The molecule has 0 N–H and O–H groups in total. The zero-order valence-electron chi connectivity index (χ0n) is 15.3. The summed E-state index contributed by atoms with van der Waals surface area (Å²) in [6, 6.07) is 20.0. The van der Waals surface area contributed by atoms with E-state index in [0.717, 1.165) is 16.5 Å². The summed E-state index contributed by atoms with van der Waals surface area (Å²) < 4.78 is 0. The van der Waals surface area contributed by atoms with Gasteiger partial charge >= 0.3 is 0 Å². The zero-order chi connectivity index (χ0) is 18.0. The first-order valence-corrected chi connectivity index (χ1v) is 8.55. The lowest BCUT2D eigenvalue weighted by molar-refractivity contribution is 0.0779. The van der Waals surface area contributed by atoms with Crippen molar-refractivity contribution in [3.8, 4) is 0 Å². The van der Waals surface area contributed by atoms with Gasteiger partial charge in [-0.25, -0.2) is 4.98 Å². The van der Waals surface area contributed by atoms with Crippen LogP contribution in [0.4, 0.5) is 0 Å². The Morgan fingerprint density at radius 1 is 0.960 bits per heavy atom. The molecule has 3 aromatic rings. The van der Waals surface area contributed by atoms with Gasteiger partial charge in [0.2, 0.25) is 0 Å². The van der Waals surface area contributed by atoms with E-state index in [-0.39, 0.29) is 11.3 Å². The minimum absolute atomic E-state index is 0.0642. The van der Waals surface area contributed by atoms with E-state index >= 15 is 0 Å². The van der Waals surface area contributed by atoms with Gasteiger partial charge in [0.25, 0.3) is 5.91 Å². The number of hydrogen-bond donors (Lipinski definition) is 0. The molecule has 0 saturated carbocycles. The number of pyridine rings is 1. The summed E-state index contributed by atoms with van der Waals surface area (Å²) in [6.45, 7) is 7.16. The Morgan fingerprint density at radius 2 is 1.64 bits per heavy atom. The number of carbonyl (C=O) groups excluding carboxylic acids is 1.